The molecule has 2 aromatic rings. The number of hydrogen-bond acceptors (Lipinski definition) is 3. The van der Waals surface area contributed by atoms with Crippen LogP contribution in [0, 0.1) is 28.0 Å². The number of thiophene rings is 1. The summed E-state index contributed by atoms with van der Waals surface area (Å²) in [5.41, 5.74) is 2.81. The standard InChI is InChI=1S/C12H5N2S/c13-6-10-2-1-9(5-12(10)7-14)11-3-4-15-8-11/h1-3,5,8H. The van der Waals surface area contributed by atoms with Crippen molar-refractivity contribution < 1.29 is 0 Å². The molecule has 69 valence electrons. The van der Waals surface area contributed by atoms with Crippen LogP contribution < -0.4 is 0 Å². The van der Waals surface area contributed by atoms with Crippen molar-refractivity contribution in [2.45, 2.75) is 0 Å². The molecular formula is C12H5N2S. The van der Waals surface area contributed by atoms with Gasteiger partial charge in [-0.05, 0) is 34.7 Å². The number of benzene rings is 1. The molecule has 0 aliphatic carbocycles. The summed E-state index contributed by atoms with van der Waals surface area (Å²) in [5, 5.41) is 22.6. The summed E-state index contributed by atoms with van der Waals surface area (Å²) in [7, 11) is 0. The van der Waals surface area contributed by atoms with E-state index in [2.05, 4.69) is 5.38 Å². The molecular weight excluding hydrogens is 204 g/mol. The zero-order valence-corrected chi connectivity index (χ0v) is 8.51. The number of rotatable bonds is 1. The van der Waals surface area contributed by atoms with Crippen molar-refractivity contribution in [3.63, 3.8) is 0 Å². The average Bonchev–Trinajstić information content (AvgIpc) is 2.81. The predicted octanol–water partition coefficient (Wildman–Crippen LogP) is 2.96. The highest BCUT2D eigenvalue weighted by Gasteiger charge is 2.04. The maximum absolute atomic E-state index is 8.87. The second-order valence-corrected chi connectivity index (χ2v) is 3.64. The van der Waals surface area contributed by atoms with Crippen molar-refractivity contribution in [2.24, 2.45) is 0 Å². The largest absolute Gasteiger partial charge is 0.192 e. The van der Waals surface area contributed by atoms with Crippen LogP contribution in [0.1, 0.15) is 11.1 Å². The van der Waals surface area contributed by atoms with Gasteiger partial charge >= 0.3 is 0 Å². The van der Waals surface area contributed by atoms with Crippen LogP contribution in [0.15, 0.2) is 29.6 Å². The first kappa shape index (κ1) is 9.45. The second-order valence-electron chi connectivity index (χ2n) is 2.94. The van der Waals surface area contributed by atoms with Gasteiger partial charge in [0.2, 0.25) is 0 Å². The highest BCUT2D eigenvalue weighted by atomic mass is 32.1. The van der Waals surface area contributed by atoms with Gasteiger partial charge in [0.1, 0.15) is 12.1 Å². The SMILES string of the molecule is N#Cc1ccc(-c2c[c]sc2)cc1C#N. The van der Waals surface area contributed by atoms with Crippen LogP contribution in [-0.4, -0.2) is 0 Å². The van der Waals surface area contributed by atoms with Crippen LogP contribution in [0.3, 0.4) is 0 Å². The summed E-state index contributed by atoms with van der Waals surface area (Å²) >= 11 is 1.48. The normalized spacial score (nSPS) is 9.20. The van der Waals surface area contributed by atoms with E-state index in [0.29, 0.717) is 11.1 Å². The van der Waals surface area contributed by atoms with Gasteiger partial charge < -0.3 is 0 Å². The van der Waals surface area contributed by atoms with Gasteiger partial charge in [0.05, 0.1) is 11.1 Å². The Bertz CT molecular complexity index is 556. The van der Waals surface area contributed by atoms with E-state index in [1.807, 2.05) is 29.7 Å². The van der Waals surface area contributed by atoms with Gasteiger partial charge in [-0.3, -0.25) is 0 Å². The Labute approximate surface area is 91.6 Å². The van der Waals surface area contributed by atoms with Gasteiger partial charge in [0, 0.05) is 5.38 Å². The molecule has 0 N–H and O–H groups in total. The maximum Gasteiger partial charge on any atom is 0.101 e. The van der Waals surface area contributed by atoms with Gasteiger partial charge in [-0.15, -0.1) is 11.3 Å². The van der Waals surface area contributed by atoms with Crippen molar-refractivity contribution >= 4 is 11.3 Å². The van der Waals surface area contributed by atoms with Gasteiger partial charge in [0.15, 0.2) is 0 Å². The Hall–Kier alpha value is -2.10. The fourth-order valence-electron chi connectivity index (χ4n) is 1.29. The first-order valence-electron chi connectivity index (χ1n) is 4.24. The third kappa shape index (κ3) is 1.74. The Morgan fingerprint density at radius 1 is 1.07 bits per heavy atom. The molecule has 1 aromatic heterocycles. The van der Waals surface area contributed by atoms with Crippen LogP contribution in [0.2, 0.25) is 0 Å². The number of hydrogen-bond donors (Lipinski definition) is 0. The first-order chi connectivity index (χ1) is 7.35. The molecule has 0 amide bonds. The third-order valence-corrected chi connectivity index (χ3v) is 2.69. The highest BCUT2D eigenvalue weighted by molar-refractivity contribution is 7.07. The summed E-state index contributed by atoms with van der Waals surface area (Å²) < 4.78 is 0. The molecule has 0 aliphatic rings. The topological polar surface area (TPSA) is 47.6 Å². The molecule has 0 spiro atoms. The van der Waals surface area contributed by atoms with Crippen LogP contribution in [0.4, 0.5) is 0 Å². The highest BCUT2D eigenvalue weighted by Crippen LogP contribution is 2.23. The lowest BCUT2D eigenvalue weighted by Crippen LogP contribution is -1.84. The summed E-state index contributed by atoms with van der Waals surface area (Å²) in [5.74, 6) is 0. The van der Waals surface area contributed by atoms with Crippen LogP contribution >= 0.6 is 11.3 Å². The summed E-state index contributed by atoms with van der Waals surface area (Å²) in [6, 6.07) is 11.1. The summed E-state index contributed by atoms with van der Waals surface area (Å²) in [6.45, 7) is 0. The van der Waals surface area contributed by atoms with Crippen LogP contribution in [-0.2, 0) is 0 Å². The van der Waals surface area contributed by atoms with E-state index >= 15 is 0 Å². The predicted molar refractivity (Wildman–Crippen MR) is 58.0 cm³/mol. The van der Waals surface area contributed by atoms with Crippen LogP contribution in [0.5, 0.6) is 0 Å². The zero-order valence-electron chi connectivity index (χ0n) is 7.69. The minimum atomic E-state index is 0.417. The molecule has 15 heavy (non-hydrogen) atoms. The van der Waals surface area contributed by atoms with Gasteiger partial charge in [-0.25, -0.2) is 0 Å². The Morgan fingerprint density at radius 3 is 2.47 bits per heavy atom. The van der Waals surface area contributed by atoms with E-state index in [9.17, 15) is 0 Å². The minimum absolute atomic E-state index is 0.417. The lowest BCUT2D eigenvalue weighted by atomic mass is 10.0. The second kappa shape index (κ2) is 3.96. The van der Waals surface area contributed by atoms with Gasteiger partial charge in [-0.1, -0.05) is 6.07 Å². The molecule has 3 heteroatoms. The first-order valence-corrected chi connectivity index (χ1v) is 5.12. The van der Waals surface area contributed by atoms with E-state index in [1.165, 1.54) is 11.3 Å². The molecule has 0 unspecified atom stereocenters. The lowest BCUT2D eigenvalue weighted by molar-refractivity contribution is 1.43. The van der Waals surface area contributed by atoms with Crippen molar-refractivity contribution in [2.75, 3.05) is 0 Å². The van der Waals surface area contributed by atoms with E-state index in [4.69, 9.17) is 10.5 Å². The van der Waals surface area contributed by atoms with Crippen molar-refractivity contribution in [1.29, 1.82) is 10.5 Å². The number of nitriles is 2. The quantitative estimate of drug-likeness (QED) is 0.724. The molecule has 0 atom stereocenters. The summed E-state index contributed by atoms with van der Waals surface area (Å²) in [4.78, 5) is 0. The van der Waals surface area contributed by atoms with Gasteiger partial charge in [0.25, 0.3) is 0 Å². The number of nitrogens with zero attached hydrogens (tertiary/aromatic N) is 2. The molecule has 0 bridgehead atoms. The average molecular weight is 209 g/mol. The van der Waals surface area contributed by atoms with E-state index in [0.717, 1.165) is 11.1 Å². The Balaban J connectivity index is 2.56. The molecule has 2 rings (SSSR count). The molecule has 0 fully saturated rings. The smallest absolute Gasteiger partial charge is 0.101 e. The van der Waals surface area contributed by atoms with Crippen LogP contribution in [0.25, 0.3) is 11.1 Å². The van der Waals surface area contributed by atoms with E-state index < -0.39 is 0 Å². The summed E-state index contributed by atoms with van der Waals surface area (Å²) in [6.07, 6.45) is 0. The maximum atomic E-state index is 8.87. The third-order valence-electron chi connectivity index (χ3n) is 2.06. The molecule has 1 aromatic carbocycles. The molecule has 0 aliphatic heterocycles. The minimum Gasteiger partial charge on any atom is -0.192 e. The molecule has 1 heterocycles. The van der Waals surface area contributed by atoms with E-state index in [-0.39, 0.29) is 0 Å². The van der Waals surface area contributed by atoms with Gasteiger partial charge in [-0.2, -0.15) is 10.5 Å². The Morgan fingerprint density at radius 2 is 1.87 bits per heavy atom. The monoisotopic (exact) mass is 209 g/mol. The fraction of sp³-hybridized carbons (Fsp3) is 0. The van der Waals surface area contributed by atoms with Crippen molar-refractivity contribution in [3.8, 4) is 23.3 Å². The fourth-order valence-corrected chi connectivity index (χ4v) is 1.89. The Kier molecular flexibility index (Phi) is 2.49. The molecule has 2 nitrogen and oxygen atoms in total. The van der Waals surface area contributed by atoms with Crippen molar-refractivity contribution in [3.05, 3.63) is 46.2 Å². The molecule has 0 saturated heterocycles. The van der Waals surface area contributed by atoms with E-state index in [1.54, 1.807) is 12.1 Å². The molecule has 0 saturated carbocycles. The lowest BCUT2D eigenvalue weighted by Gasteiger charge is -1.99. The van der Waals surface area contributed by atoms with Crippen molar-refractivity contribution in [1.82, 2.24) is 0 Å². The zero-order chi connectivity index (χ0) is 10.7. The molecule has 1 radical (unpaired) electrons.